The molecule has 4 saturated carbocycles. The van der Waals surface area contributed by atoms with Crippen LogP contribution < -0.4 is 24.8 Å². The van der Waals surface area contributed by atoms with Crippen LogP contribution in [0.15, 0.2) is 36.5 Å². The highest BCUT2D eigenvalue weighted by Gasteiger charge is 2.63. The fourth-order valence-electron chi connectivity index (χ4n) is 9.28. The number of ether oxygens (including phenoxy) is 3. The Balaban J connectivity index is 0.00000228. The monoisotopic (exact) mass is 815 g/mol. The molecule has 1 aromatic carbocycles. The number of alkyl carbamates (subject to hydrolysis) is 1. The van der Waals surface area contributed by atoms with Gasteiger partial charge in [-0.05, 0) is 101 Å². The molecule has 2 aliphatic heterocycles. The average molecular weight is 816 g/mol. The first-order valence-electron chi connectivity index (χ1n) is 20.2. The lowest BCUT2D eigenvalue weighted by Gasteiger charge is -2.33. The van der Waals surface area contributed by atoms with Gasteiger partial charge in [-0.15, -0.1) is 0 Å². The van der Waals surface area contributed by atoms with Crippen LogP contribution >= 0.6 is 0 Å². The molecule has 3 heterocycles. The molecule has 4 amide bonds. The number of nitrogens with one attached hydrogen (secondary N) is 3. The van der Waals surface area contributed by atoms with Crippen molar-refractivity contribution < 1.29 is 50.5 Å². The molecule has 9 atom stereocenters. The van der Waals surface area contributed by atoms with E-state index in [1.54, 1.807) is 13.0 Å². The molecule has 1 aromatic heterocycles. The van der Waals surface area contributed by atoms with Crippen molar-refractivity contribution in [2.75, 3.05) is 13.7 Å². The smallest absolute Gasteiger partial charge is 0.408 e. The van der Waals surface area contributed by atoms with Crippen LogP contribution in [-0.2, 0) is 29.1 Å². The summed E-state index contributed by atoms with van der Waals surface area (Å²) in [5.74, 6) is -1.76. The molecule has 1 saturated heterocycles. The van der Waals surface area contributed by atoms with Gasteiger partial charge in [0, 0.05) is 34.3 Å². The van der Waals surface area contributed by atoms with Crippen LogP contribution in [0.3, 0.4) is 0 Å². The van der Waals surface area contributed by atoms with Gasteiger partial charge >= 0.3 is 6.09 Å². The van der Waals surface area contributed by atoms with Gasteiger partial charge in [-0.3, -0.25) is 19.1 Å². The van der Waals surface area contributed by atoms with Crippen LogP contribution in [0.25, 0.3) is 10.8 Å². The van der Waals surface area contributed by atoms with Gasteiger partial charge in [0.2, 0.25) is 27.7 Å². The molecular formula is C41H58FN5O9S. The van der Waals surface area contributed by atoms with Crippen LogP contribution in [0.4, 0.5) is 9.18 Å². The van der Waals surface area contributed by atoms with Crippen molar-refractivity contribution in [2.24, 2.45) is 29.6 Å². The van der Waals surface area contributed by atoms with Crippen LogP contribution in [0.2, 0.25) is 0 Å². The van der Waals surface area contributed by atoms with Gasteiger partial charge in [0.05, 0.1) is 23.8 Å². The first-order chi connectivity index (χ1) is 27.1. The number of rotatable bonds is 8. The minimum Gasteiger partial charge on any atom is -0.496 e. The van der Waals surface area contributed by atoms with Crippen molar-refractivity contribution in [3.8, 4) is 11.6 Å². The SMILES string of the molecule is COc1cc(F)cc2c(O[C@@H]3C[C@H]4C(=O)N[C@]5(C(=O)NS(=O)(=O)C6(C)CC6)C[C@H]5/C=C\CC[C@H](C)C[C@@H](C)[C@H](NC(=O)OC5CC6CC6C5)C(=O)N4C3)nccc12.[HH].[HH].[HH]. The van der Waals surface area contributed by atoms with E-state index in [0.29, 0.717) is 48.3 Å². The number of allylic oxidation sites excluding steroid dienone is 1. The quantitative estimate of drug-likeness (QED) is 0.298. The molecule has 8 rings (SSSR count). The van der Waals surface area contributed by atoms with Gasteiger partial charge < -0.3 is 29.7 Å². The van der Waals surface area contributed by atoms with Crippen LogP contribution in [0.1, 0.15) is 89.3 Å². The first-order valence-corrected chi connectivity index (χ1v) is 21.7. The topological polar surface area (TPSA) is 182 Å². The fraction of sp³-hybridized carbons (Fsp3) is 0.634. The molecule has 0 bridgehead atoms. The zero-order valence-corrected chi connectivity index (χ0v) is 33.6. The van der Waals surface area contributed by atoms with E-state index < -0.39 is 74.0 Å². The van der Waals surface area contributed by atoms with Crippen molar-refractivity contribution in [1.29, 1.82) is 0 Å². The zero-order chi connectivity index (χ0) is 40.4. The third-order valence-electron chi connectivity index (χ3n) is 13.3. The Labute approximate surface area is 336 Å². The lowest BCUT2D eigenvalue weighted by molar-refractivity contribution is -0.142. The Morgan fingerprint density at radius 2 is 1.81 bits per heavy atom. The van der Waals surface area contributed by atoms with Crippen LogP contribution in [0.5, 0.6) is 11.6 Å². The number of hydrogen-bond donors (Lipinski definition) is 3. The number of nitrogens with zero attached hydrogens (tertiary/aromatic N) is 2. The van der Waals surface area contributed by atoms with Crippen molar-refractivity contribution in [1.82, 2.24) is 25.2 Å². The summed E-state index contributed by atoms with van der Waals surface area (Å²) in [5.41, 5.74) is -1.56. The minimum atomic E-state index is -4.02. The summed E-state index contributed by atoms with van der Waals surface area (Å²) in [7, 11) is -2.60. The summed E-state index contributed by atoms with van der Waals surface area (Å²) in [5, 5.41) is 6.63. The van der Waals surface area contributed by atoms with E-state index in [9.17, 15) is 32.0 Å². The highest BCUT2D eigenvalue weighted by Crippen LogP contribution is 2.52. The van der Waals surface area contributed by atoms with Gasteiger partial charge in [0.15, 0.2) is 0 Å². The van der Waals surface area contributed by atoms with E-state index in [4.69, 9.17) is 14.2 Å². The maximum Gasteiger partial charge on any atom is 0.408 e. The lowest BCUT2D eigenvalue weighted by atomic mass is 9.88. The number of carbonyl (C=O) groups excluding carboxylic acids is 4. The molecule has 2 aromatic rings. The lowest BCUT2D eigenvalue weighted by Crippen LogP contribution is -2.59. The van der Waals surface area contributed by atoms with Crippen molar-refractivity contribution in [3.63, 3.8) is 0 Å². The standard InChI is InChI=1S/C41H52FN5O9S.3H2/c1-22-7-5-6-8-26-20-41(26,38(50)46-57(52,53)40(3)10-11-40)45-35(48)32-19-29(55-36-31-17-27(42)18-33(54-4)30(31)9-12-43-36)21-47(32)37(49)34(23(2)13-22)44-39(51)56-28-15-24-14-25(24)16-28;;;/h6,8-9,12,17-18,22-26,28-29,32,34H,5,7,10-11,13-16,19-21H2,1-4H3,(H,44,51)(H,45,48)(H,46,50);3*1H/b8-6-;;;/t22-,23+,24?,25?,26+,28?,29+,32-,34-,41+;;;/m0.../s1. The second-order valence-corrected chi connectivity index (χ2v) is 19.9. The van der Waals surface area contributed by atoms with Gasteiger partial charge in [0.1, 0.15) is 41.4 Å². The average Bonchev–Trinajstić information content (AvgIpc) is 4.12. The molecule has 5 fully saturated rings. The number of amides is 4. The van der Waals surface area contributed by atoms with Crippen molar-refractivity contribution in [2.45, 2.75) is 120 Å². The predicted octanol–water partition coefficient (Wildman–Crippen LogP) is 5.25. The largest absolute Gasteiger partial charge is 0.496 e. The number of fused-ring (bicyclic) bond motifs is 4. The van der Waals surface area contributed by atoms with Crippen molar-refractivity contribution >= 4 is 44.6 Å². The number of hydrogen-bond acceptors (Lipinski definition) is 10. The Bertz CT molecular complexity index is 2120. The number of benzene rings is 1. The summed E-state index contributed by atoms with van der Waals surface area (Å²) in [6.45, 7) is 5.45. The number of halogens is 1. The maximum atomic E-state index is 14.9. The van der Waals surface area contributed by atoms with E-state index in [2.05, 4.69) is 27.3 Å². The number of carbonyl (C=O) groups is 4. The van der Waals surface area contributed by atoms with E-state index in [0.717, 1.165) is 25.7 Å². The van der Waals surface area contributed by atoms with E-state index in [1.807, 2.05) is 19.1 Å². The van der Waals surface area contributed by atoms with E-state index >= 15 is 0 Å². The van der Waals surface area contributed by atoms with Gasteiger partial charge in [-0.2, -0.15) is 0 Å². The number of sulfonamides is 1. The summed E-state index contributed by atoms with van der Waals surface area (Å²) in [6, 6.07) is 1.94. The number of pyridine rings is 1. The Morgan fingerprint density at radius 3 is 2.53 bits per heavy atom. The highest BCUT2D eigenvalue weighted by molar-refractivity contribution is 7.91. The maximum absolute atomic E-state index is 14.9. The molecule has 0 radical (unpaired) electrons. The van der Waals surface area contributed by atoms with E-state index in [-0.39, 0.29) is 53.2 Å². The third kappa shape index (κ3) is 7.77. The molecule has 4 aliphatic carbocycles. The Kier molecular flexibility index (Phi) is 10.2. The molecule has 3 N–H and O–H groups in total. The second kappa shape index (κ2) is 14.7. The predicted molar refractivity (Wildman–Crippen MR) is 212 cm³/mol. The van der Waals surface area contributed by atoms with Gasteiger partial charge in [0.25, 0.3) is 5.91 Å². The molecule has 16 heteroatoms. The normalized spacial score (nSPS) is 35.0. The highest BCUT2D eigenvalue weighted by atomic mass is 32.2. The zero-order valence-electron chi connectivity index (χ0n) is 32.8. The fourth-order valence-corrected chi connectivity index (χ4v) is 10.6. The van der Waals surface area contributed by atoms with Gasteiger partial charge in [-0.25, -0.2) is 22.6 Å². The van der Waals surface area contributed by atoms with Crippen LogP contribution in [-0.4, -0.2) is 90.3 Å². The molecule has 14 nitrogen and oxygen atoms in total. The van der Waals surface area contributed by atoms with Crippen LogP contribution in [0, 0.1) is 35.4 Å². The molecule has 314 valence electrons. The first kappa shape index (κ1) is 39.4. The molecular weight excluding hydrogens is 758 g/mol. The second-order valence-electron chi connectivity index (χ2n) is 17.7. The molecule has 2 unspecified atom stereocenters. The summed E-state index contributed by atoms with van der Waals surface area (Å²) in [6.07, 6.45) is 9.33. The molecule has 57 heavy (non-hydrogen) atoms. The summed E-state index contributed by atoms with van der Waals surface area (Å²) >= 11 is 0. The molecule has 0 spiro atoms. The Hall–Kier alpha value is -4.47. The summed E-state index contributed by atoms with van der Waals surface area (Å²) in [4.78, 5) is 62.5. The van der Waals surface area contributed by atoms with Gasteiger partial charge in [-0.1, -0.05) is 26.0 Å². The summed E-state index contributed by atoms with van der Waals surface area (Å²) < 4.78 is 59.9. The third-order valence-corrected chi connectivity index (χ3v) is 15.4. The van der Waals surface area contributed by atoms with Crippen molar-refractivity contribution in [3.05, 3.63) is 42.4 Å². The minimum absolute atomic E-state index is 0. The number of aromatic nitrogens is 1. The number of methoxy groups -OCH3 is 1. The van der Waals surface area contributed by atoms with E-state index in [1.165, 1.54) is 30.3 Å². The Morgan fingerprint density at radius 1 is 1.05 bits per heavy atom. The molecule has 6 aliphatic rings.